The lowest BCUT2D eigenvalue weighted by atomic mass is 10.0. The minimum atomic E-state index is 0.690. The van der Waals surface area contributed by atoms with E-state index in [1.807, 2.05) is 36.4 Å². The number of hydrazone groups is 1. The summed E-state index contributed by atoms with van der Waals surface area (Å²) >= 11 is 1.58. The van der Waals surface area contributed by atoms with Gasteiger partial charge in [0.05, 0.1) is 31.0 Å². The van der Waals surface area contributed by atoms with Crippen LogP contribution in [0.25, 0.3) is 21.7 Å². The van der Waals surface area contributed by atoms with Crippen molar-refractivity contribution < 1.29 is 9.47 Å². The van der Waals surface area contributed by atoms with E-state index in [0.717, 1.165) is 38.1 Å². The number of hydrogen-bond acceptors (Lipinski definition) is 6. The minimum Gasteiger partial charge on any atom is -0.497 e. The second-order valence-corrected chi connectivity index (χ2v) is 8.34. The fourth-order valence-corrected chi connectivity index (χ4v) is 4.26. The Morgan fingerprint density at radius 1 is 0.875 bits per heavy atom. The van der Waals surface area contributed by atoms with Gasteiger partial charge in [-0.15, -0.1) is 0 Å². The van der Waals surface area contributed by atoms with Crippen molar-refractivity contribution in [3.05, 3.63) is 83.4 Å². The number of nitrogens with one attached hydrogen (secondary N) is 1. The number of aromatic nitrogens is 1. The first-order valence-corrected chi connectivity index (χ1v) is 11.1. The third-order valence-corrected chi connectivity index (χ3v) is 6.26. The van der Waals surface area contributed by atoms with Crippen LogP contribution in [0.1, 0.15) is 16.7 Å². The summed E-state index contributed by atoms with van der Waals surface area (Å²) < 4.78 is 10.7. The van der Waals surface area contributed by atoms with Gasteiger partial charge in [-0.2, -0.15) is 5.10 Å². The summed E-state index contributed by atoms with van der Waals surface area (Å²) in [4.78, 5) is 5.98. The van der Waals surface area contributed by atoms with Crippen LogP contribution in [0.2, 0.25) is 0 Å². The van der Waals surface area contributed by atoms with Gasteiger partial charge < -0.3 is 9.47 Å². The van der Waals surface area contributed by atoms with Crippen LogP contribution in [0.4, 0.5) is 5.13 Å². The zero-order chi connectivity index (χ0) is 22.5. The molecule has 32 heavy (non-hydrogen) atoms. The number of nitrogens with zero attached hydrogens (tertiary/aromatic N) is 2. The van der Waals surface area contributed by atoms with Crippen molar-refractivity contribution in [1.82, 2.24) is 4.98 Å². The van der Waals surface area contributed by atoms with E-state index in [9.17, 15) is 0 Å². The normalized spacial score (nSPS) is 11.0. The van der Waals surface area contributed by atoms with Crippen molar-refractivity contribution in [3.63, 3.8) is 0 Å². The Hall–Kier alpha value is -3.64. The molecule has 0 aliphatic carbocycles. The van der Waals surface area contributed by atoms with Crippen LogP contribution in [0.5, 0.6) is 11.5 Å². The van der Waals surface area contributed by atoms with Gasteiger partial charge in [-0.05, 0) is 48.7 Å². The highest BCUT2D eigenvalue weighted by Crippen LogP contribution is 2.39. The van der Waals surface area contributed by atoms with E-state index < -0.39 is 0 Å². The lowest BCUT2D eigenvalue weighted by Gasteiger charge is -2.06. The maximum Gasteiger partial charge on any atom is 0.204 e. The van der Waals surface area contributed by atoms with Crippen LogP contribution < -0.4 is 14.9 Å². The third kappa shape index (κ3) is 4.65. The van der Waals surface area contributed by atoms with Gasteiger partial charge in [0.1, 0.15) is 11.5 Å². The van der Waals surface area contributed by atoms with Crippen molar-refractivity contribution in [2.24, 2.45) is 5.10 Å². The summed E-state index contributed by atoms with van der Waals surface area (Å²) in [6.07, 6.45) is 1.72. The second kappa shape index (κ2) is 9.66. The van der Waals surface area contributed by atoms with Gasteiger partial charge in [-0.25, -0.2) is 4.98 Å². The zero-order valence-electron chi connectivity index (χ0n) is 18.5. The maximum atomic E-state index is 5.44. The Morgan fingerprint density at radius 3 is 2.41 bits per heavy atom. The molecule has 0 spiro atoms. The molecule has 0 saturated heterocycles. The Morgan fingerprint density at radius 2 is 1.69 bits per heavy atom. The number of anilines is 1. The minimum absolute atomic E-state index is 0.690. The van der Waals surface area contributed by atoms with Crippen LogP contribution in [-0.4, -0.2) is 25.4 Å². The maximum absolute atomic E-state index is 5.44. The summed E-state index contributed by atoms with van der Waals surface area (Å²) in [6.45, 7) is 4.24. The lowest BCUT2D eigenvalue weighted by Crippen LogP contribution is -1.95. The molecule has 0 aliphatic heterocycles. The van der Waals surface area contributed by atoms with Crippen LogP contribution >= 0.6 is 11.3 Å². The molecule has 0 atom stereocenters. The van der Waals surface area contributed by atoms with Gasteiger partial charge in [-0.3, -0.25) is 5.43 Å². The van der Waals surface area contributed by atoms with Gasteiger partial charge >= 0.3 is 0 Å². The first-order chi connectivity index (χ1) is 15.6. The molecule has 0 fully saturated rings. The molecule has 0 aliphatic rings. The van der Waals surface area contributed by atoms with E-state index in [-0.39, 0.29) is 0 Å². The number of aryl methyl sites for hydroxylation is 2. The van der Waals surface area contributed by atoms with Crippen LogP contribution in [0.3, 0.4) is 0 Å². The average molecular weight is 444 g/mol. The smallest absolute Gasteiger partial charge is 0.204 e. The first kappa shape index (κ1) is 21.6. The van der Waals surface area contributed by atoms with Crippen molar-refractivity contribution in [2.75, 3.05) is 19.6 Å². The number of thiazole rings is 1. The number of hydrogen-bond donors (Lipinski definition) is 1. The monoisotopic (exact) mass is 443 g/mol. The van der Waals surface area contributed by atoms with Crippen LogP contribution in [-0.2, 0) is 0 Å². The molecular formula is C26H25N3O2S. The highest BCUT2D eigenvalue weighted by molar-refractivity contribution is 7.19. The topological polar surface area (TPSA) is 55.7 Å². The largest absolute Gasteiger partial charge is 0.497 e. The van der Waals surface area contributed by atoms with Gasteiger partial charge in [-0.1, -0.05) is 53.8 Å². The molecule has 3 aromatic carbocycles. The van der Waals surface area contributed by atoms with Crippen LogP contribution in [0, 0.1) is 13.8 Å². The first-order valence-electron chi connectivity index (χ1n) is 10.2. The fourth-order valence-electron chi connectivity index (χ4n) is 3.32. The summed E-state index contributed by atoms with van der Waals surface area (Å²) in [5, 5.41) is 5.12. The number of benzene rings is 3. The predicted octanol–water partition coefficient (Wildman–Crippen LogP) is 6.56. The molecule has 4 rings (SSSR count). The van der Waals surface area contributed by atoms with Crippen LogP contribution in [0.15, 0.2) is 71.8 Å². The molecular weight excluding hydrogens is 418 g/mol. The molecule has 162 valence electrons. The van der Waals surface area contributed by atoms with Gasteiger partial charge in [0.2, 0.25) is 5.13 Å². The van der Waals surface area contributed by atoms with Gasteiger partial charge in [0.15, 0.2) is 0 Å². The molecule has 0 radical (unpaired) electrons. The Kier molecular flexibility index (Phi) is 6.52. The standard InChI is InChI=1S/C26H25N3O2S/c1-17-10-11-20(14-18(17)2)24-25(19-8-6-5-7-9-19)32-26(28-24)29-27-16-21-12-13-22(30-3)15-23(21)31-4/h5-16H,1-4H3,(H,28,29)/b27-16-. The van der Waals surface area contributed by atoms with E-state index in [1.54, 1.807) is 31.8 Å². The zero-order valence-corrected chi connectivity index (χ0v) is 19.4. The Balaban J connectivity index is 1.66. The Bertz CT molecular complexity index is 1250. The fraction of sp³-hybridized carbons (Fsp3) is 0.154. The molecule has 4 aromatic rings. The molecule has 0 bridgehead atoms. The molecule has 0 unspecified atom stereocenters. The molecule has 0 saturated carbocycles. The molecule has 1 N–H and O–H groups in total. The quantitative estimate of drug-likeness (QED) is 0.260. The van der Waals surface area contributed by atoms with E-state index in [1.165, 1.54) is 11.1 Å². The van der Waals surface area contributed by atoms with Crippen molar-refractivity contribution in [2.45, 2.75) is 13.8 Å². The number of ether oxygens (including phenoxy) is 2. The average Bonchev–Trinajstić information content (AvgIpc) is 3.25. The van der Waals surface area contributed by atoms with Gasteiger partial charge in [0.25, 0.3) is 0 Å². The number of rotatable bonds is 7. The van der Waals surface area contributed by atoms with E-state index in [0.29, 0.717) is 5.75 Å². The second-order valence-electron chi connectivity index (χ2n) is 7.34. The summed E-state index contributed by atoms with van der Waals surface area (Å²) in [6, 6.07) is 22.4. The van der Waals surface area contributed by atoms with Crippen molar-refractivity contribution >= 4 is 22.7 Å². The van der Waals surface area contributed by atoms with E-state index in [4.69, 9.17) is 14.5 Å². The van der Waals surface area contributed by atoms with Crippen molar-refractivity contribution in [3.8, 4) is 33.2 Å². The van der Waals surface area contributed by atoms with E-state index >= 15 is 0 Å². The number of methoxy groups -OCH3 is 2. The highest BCUT2D eigenvalue weighted by atomic mass is 32.1. The SMILES string of the molecule is COc1ccc(/C=N\Nc2nc(-c3ccc(C)c(C)c3)c(-c3ccccc3)s2)c(OC)c1. The predicted molar refractivity (Wildman–Crippen MR) is 133 cm³/mol. The van der Waals surface area contributed by atoms with Crippen molar-refractivity contribution in [1.29, 1.82) is 0 Å². The highest BCUT2D eigenvalue weighted by Gasteiger charge is 2.15. The molecule has 1 heterocycles. The molecule has 6 heteroatoms. The molecule has 5 nitrogen and oxygen atoms in total. The van der Waals surface area contributed by atoms with Gasteiger partial charge in [0, 0.05) is 17.2 Å². The summed E-state index contributed by atoms with van der Waals surface area (Å²) in [5.74, 6) is 1.42. The molecule has 0 amide bonds. The van der Waals surface area contributed by atoms with E-state index in [2.05, 4.69) is 54.7 Å². The summed E-state index contributed by atoms with van der Waals surface area (Å²) in [7, 11) is 3.26. The molecule has 1 aromatic heterocycles. The lowest BCUT2D eigenvalue weighted by molar-refractivity contribution is 0.394. The summed E-state index contributed by atoms with van der Waals surface area (Å²) in [5.41, 5.74) is 9.62. The Labute approximate surface area is 192 Å². The third-order valence-electron chi connectivity index (χ3n) is 5.25.